The number of rotatable bonds is 6. The van der Waals surface area contributed by atoms with Gasteiger partial charge in [0.05, 0.1) is 5.69 Å². The second kappa shape index (κ2) is 8.05. The second-order valence-corrected chi connectivity index (χ2v) is 7.66. The lowest BCUT2D eigenvalue weighted by Gasteiger charge is -2.22. The third-order valence-corrected chi connectivity index (χ3v) is 5.29. The molecule has 1 aliphatic carbocycles. The Morgan fingerprint density at radius 3 is 2.78 bits per heavy atom. The molecule has 0 spiro atoms. The van der Waals surface area contributed by atoms with Crippen LogP contribution >= 0.6 is 0 Å². The zero-order valence-electron chi connectivity index (χ0n) is 16.2. The van der Waals surface area contributed by atoms with Crippen molar-refractivity contribution in [1.29, 1.82) is 0 Å². The maximum absolute atomic E-state index is 4.82. The van der Waals surface area contributed by atoms with Crippen LogP contribution in [0.4, 0.5) is 5.95 Å². The van der Waals surface area contributed by atoms with Crippen LogP contribution in [0, 0.1) is 0 Å². The molecular weight excluding hydrogens is 336 g/mol. The Kier molecular flexibility index (Phi) is 5.34. The van der Waals surface area contributed by atoms with Crippen LogP contribution in [0.1, 0.15) is 32.1 Å². The average Bonchev–Trinajstić information content (AvgIpc) is 3.06. The predicted octanol–water partition coefficient (Wildman–Crippen LogP) is 3.80. The summed E-state index contributed by atoms with van der Waals surface area (Å²) in [6, 6.07) is 6.60. The van der Waals surface area contributed by atoms with E-state index in [4.69, 9.17) is 4.98 Å². The van der Waals surface area contributed by atoms with Gasteiger partial charge in [-0.05, 0) is 45.1 Å². The molecule has 0 bridgehead atoms. The molecule has 3 aromatic rings. The Balaban J connectivity index is 1.64. The second-order valence-electron chi connectivity index (χ2n) is 7.66. The molecule has 4 rings (SSSR count). The van der Waals surface area contributed by atoms with Gasteiger partial charge in [-0.15, -0.1) is 0 Å². The fourth-order valence-electron chi connectivity index (χ4n) is 3.81. The molecule has 0 saturated heterocycles. The van der Waals surface area contributed by atoms with Crippen molar-refractivity contribution in [3.05, 3.63) is 36.8 Å². The van der Waals surface area contributed by atoms with Crippen molar-refractivity contribution in [2.24, 2.45) is 0 Å². The number of hydrogen-bond donors (Lipinski definition) is 1. The van der Waals surface area contributed by atoms with E-state index in [1.807, 2.05) is 24.5 Å². The number of hydrogen-bond acceptors (Lipinski definition) is 5. The van der Waals surface area contributed by atoms with E-state index in [1.165, 1.54) is 32.1 Å². The fourth-order valence-corrected chi connectivity index (χ4v) is 3.81. The molecule has 6 heteroatoms. The Morgan fingerprint density at radius 2 is 1.96 bits per heavy atom. The molecule has 0 radical (unpaired) electrons. The summed E-state index contributed by atoms with van der Waals surface area (Å²) in [5.41, 5.74) is 3.07. The number of pyridine rings is 1. The van der Waals surface area contributed by atoms with Crippen molar-refractivity contribution in [2.75, 3.05) is 26.0 Å². The van der Waals surface area contributed by atoms with Crippen molar-refractivity contribution < 1.29 is 0 Å². The molecule has 0 atom stereocenters. The van der Waals surface area contributed by atoms with E-state index in [-0.39, 0.29) is 0 Å². The van der Waals surface area contributed by atoms with E-state index >= 15 is 0 Å². The number of nitrogens with zero attached hydrogens (tertiary/aromatic N) is 5. The van der Waals surface area contributed by atoms with Gasteiger partial charge in [0.2, 0.25) is 5.95 Å². The predicted molar refractivity (Wildman–Crippen MR) is 110 cm³/mol. The summed E-state index contributed by atoms with van der Waals surface area (Å²) in [7, 11) is 4.18. The molecule has 1 N–H and O–H groups in total. The molecule has 1 saturated carbocycles. The van der Waals surface area contributed by atoms with Crippen molar-refractivity contribution in [2.45, 2.75) is 44.7 Å². The minimum absolute atomic E-state index is 0.497. The molecular formula is C21H28N6. The number of nitrogens with one attached hydrogen (secondary N) is 1. The first-order valence-corrected chi connectivity index (χ1v) is 9.89. The smallest absolute Gasteiger partial charge is 0.223 e. The van der Waals surface area contributed by atoms with E-state index in [2.05, 4.69) is 51.1 Å². The first-order chi connectivity index (χ1) is 13.2. The first-order valence-electron chi connectivity index (χ1n) is 9.89. The van der Waals surface area contributed by atoms with Crippen molar-refractivity contribution >= 4 is 17.0 Å². The van der Waals surface area contributed by atoms with Crippen molar-refractivity contribution in [3.63, 3.8) is 0 Å². The van der Waals surface area contributed by atoms with Crippen LogP contribution in [0.15, 0.2) is 36.8 Å². The van der Waals surface area contributed by atoms with Gasteiger partial charge in [0.1, 0.15) is 5.65 Å². The highest BCUT2D eigenvalue weighted by Crippen LogP contribution is 2.29. The van der Waals surface area contributed by atoms with Gasteiger partial charge in [0.15, 0.2) is 0 Å². The maximum atomic E-state index is 4.82. The van der Waals surface area contributed by atoms with Gasteiger partial charge in [-0.25, -0.2) is 15.0 Å². The summed E-state index contributed by atoms with van der Waals surface area (Å²) in [5, 5.41) is 4.67. The van der Waals surface area contributed by atoms with Crippen LogP contribution in [-0.4, -0.2) is 51.1 Å². The Bertz CT molecular complexity index is 895. The van der Waals surface area contributed by atoms with Crippen LogP contribution < -0.4 is 5.32 Å². The number of fused-ring (bicyclic) bond motifs is 1. The van der Waals surface area contributed by atoms with Gasteiger partial charge in [0.25, 0.3) is 0 Å². The Labute approximate surface area is 160 Å². The Hall–Kier alpha value is -2.47. The lowest BCUT2D eigenvalue weighted by molar-refractivity contribution is 0.386. The Morgan fingerprint density at radius 1 is 1.11 bits per heavy atom. The zero-order chi connectivity index (χ0) is 18.6. The topological polar surface area (TPSA) is 58.9 Å². The van der Waals surface area contributed by atoms with E-state index in [9.17, 15) is 0 Å². The maximum Gasteiger partial charge on any atom is 0.223 e. The highest BCUT2D eigenvalue weighted by molar-refractivity contribution is 5.93. The summed E-state index contributed by atoms with van der Waals surface area (Å²) in [4.78, 5) is 16.1. The van der Waals surface area contributed by atoms with Crippen LogP contribution in [-0.2, 0) is 6.54 Å². The molecule has 1 fully saturated rings. The molecule has 6 nitrogen and oxygen atoms in total. The van der Waals surface area contributed by atoms with Crippen LogP contribution in [0.25, 0.3) is 22.3 Å². The summed E-state index contributed by atoms with van der Waals surface area (Å²) in [5.74, 6) is 0.734. The van der Waals surface area contributed by atoms with Gasteiger partial charge in [0, 0.05) is 48.7 Å². The third kappa shape index (κ3) is 4.11. The van der Waals surface area contributed by atoms with E-state index in [0.29, 0.717) is 6.04 Å². The molecule has 3 aromatic heterocycles. The largest absolute Gasteiger partial charge is 0.351 e. The molecule has 142 valence electrons. The normalized spacial score (nSPS) is 15.5. The van der Waals surface area contributed by atoms with Crippen LogP contribution in [0.3, 0.4) is 0 Å². The fraction of sp³-hybridized carbons (Fsp3) is 0.476. The van der Waals surface area contributed by atoms with Gasteiger partial charge < -0.3 is 14.8 Å². The molecule has 0 aromatic carbocycles. The van der Waals surface area contributed by atoms with E-state index in [1.54, 1.807) is 0 Å². The van der Waals surface area contributed by atoms with Crippen molar-refractivity contribution in [1.82, 2.24) is 24.4 Å². The zero-order valence-corrected chi connectivity index (χ0v) is 16.2. The van der Waals surface area contributed by atoms with E-state index in [0.717, 1.165) is 41.3 Å². The van der Waals surface area contributed by atoms with Gasteiger partial charge in [-0.1, -0.05) is 19.3 Å². The third-order valence-electron chi connectivity index (χ3n) is 5.29. The lowest BCUT2D eigenvalue weighted by atomic mass is 9.96. The summed E-state index contributed by atoms with van der Waals surface area (Å²) < 4.78 is 2.22. The van der Waals surface area contributed by atoms with Gasteiger partial charge >= 0.3 is 0 Å². The lowest BCUT2D eigenvalue weighted by Crippen LogP contribution is -2.23. The molecule has 1 aliphatic rings. The number of aromatic nitrogens is 4. The standard InChI is InChI=1S/C21H28N6/c1-26(2)13-14-27-15-18(17-9-6-11-22-20(17)27)19-10-12-23-21(25-19)24-16-7-4-3-5-8-16/h6,9-12,15-16H,3-5,7-8,13-14H2,1-2H3,(H,23,24,25). The molecule has 0 unspecified atom stereocenters. The highest BCUT2D eigenvalue weighted by Gasteiger charge is 2.16. The number of likely N-dealkylation sites (N-methyl/N-ethyl adjacent to an activating group) is 1. The SMILES string of the molecule is CN(C)CCn1cc(-c2ccnc(NC3CCCCC3)n2)c2cccnc21. The van der Waals surface area contributed by atoms with Crippen LogP contribution in [0.5, 0.6) is 0 Å². The number of anilines is 1. The minimum atomic E-state index is 0.497. The van der Waals surface area contributed by atoms with E-state index < -0.39 is 0 Å². The molecule has 27 heavy (non-hydrogen) atoms. The van der Waals surface area contributed by atoms with Gasteiger partial charge in [-0.2, -0.15) is 0 Å². The minimum Gasteiger partial charge on any atom is -0.351 e. The van der Waals surface area contributed by atoms with Gasteiger partial charge in [-0.3, -0.25) is 0 Å². The highest BCUT2D eigenvalue weighted by atomic mass is 15.1. The summed E-state index contributed by atoms with van der Waals surface area (Å²) >= 11 is 0. The van der Waals surface area contributed by atoms with Crippen LogP contribution in [0.2, 0.25) is 0 Å². The monoisotopic (exact) mass is 364 g/mol. The molecule has 3 heterocycles. The average molecular weight is 364 g/mol. The quantitative estimate of drug-likeness (QED) is 0.721. The van der Waals surface area contributed by atoms with Crippen molar-refractivity contribution in [3.8, 4) is 11.3 Å². The first kappa shape index (κ1) is 17.9. The summed E-state index contributed by atoms with van der Waals surface area (Å²) in [6.45, 7) is 1.87. The summed E-state index contributed by atoms with van der Waals surface area (Å²) in [6.07, 6.45) is 12.2. The molecule has 0 amide bonds. The molecule has 0 aliphatic heterocycles.